The van der Waals surface area contributed by atoms with Crippen LogP contribution in [-0.4, -0.2) is 29.9 Å². The number of amides is 2. The molecule has 110 valence electrons. The normalized spacial score (nSPS) is 10.3. The molecule has 0 aliphatic rings. The van der Waals surface area contributed by atoms with Crippen molar-refractivity contribution in [1.29, 1.82) is 0 Å². The first-order valence-corrected chi connectivity index (χ1v) is 6.71. The van der Waals surface area contributed by atoms with Gasteiger partial charge in [0.25, 0.3) is 0 Å². The number of nitrogens with zero attached hydrogens (tertiary/aromatic N) is 1. The molecule has 6 heteroatoms. The summed E-state index contributed by atoms with van der Waals surface area (Å²) in [5.74, 6) is 0.216. The third-order valence-corrected chi connectivity index (χ3v) is 2.57. The largest absolute Gasteiger partial charge is 0.397 e. The Morgan fingerprint density at radius 1 is 1.25 bits per heavy atom. The van der Waals surface area contributed by atoms with Gasteiger partial charge in [0.1, 0.15) is 0 Å². The van der Waals surface area contributed by atoms with Crippen molar-refractivity contribution in [2.24, 2.45) is 5.92 Å². The van der Waals surface area contributed by atoms with Crippen LogP contribution in [0.2, 0.25) is 0 Å². The second-order valence-electron chi connectivity index (χ2n) is 5.06. The van der Waals surface area contributed by atoms with Crippen LogP contribution in [0.15, 0.2) is 18.3 Å². The number of anilines is 1. The summed E-state index contributed by atoms with van der Waals surface area (Å²) in [7, 11) is 0. The minimum absolute atomic E-state index is 0.0513. The Morgan fingerprint density at radius 3 is 2.60 bits per heavy atom. The van der Waals surface area contributed by atoms with E-state index in [0.717, 1.165) is 0 Å². The highest BCUT2D eigenvalue weighted by Gasteiger charge is 2.06. The zero-order valence-electron chi connectivity index (χ0n) is 12.0. The fourth-order valence-electron chi connectivity index (χ4n) is 1.49. The van der Waals surface area contributed by atoms with Crippen LogP contribution in [0.4, 0.5) is 5.69 Å². The van der Waals surface area contributed by atoms with Crippen molar-refractivity contribution in [2.75, 3.05) is 18.8 Å². The lowest BCUT2D eigenvalue weighted by molar-refractivity contribution is -0.122. The van der Waals surface area contributed by atoms with Crippen LogP contribution in [0.25, 0.3) is 0 Å². The molecule has 0 saturated carbocycles. The molecule has 0 aliphatic carbocycles. The first-order valence-electron chi connectivity index (χ1n) is 6.71. The summed E-state index contributed by atoms with van der Waals surface area (Å²) in [5.41, 5.74) is 6.73. The number of hydrogen-bond acceptors (Lipinski definition) is 4. The maximum Gasteiger partial charge on any atom is 0.226 e. The summed E-state index contributed by atoms with van der Waals surface area (Å²) in [6.45, 7) is 5.04. The van der Waals surface area contributed by atoms with E-state index in [2.05, 4.69) is 15.6 Å². The molecule has 6 nitrogen and oxygen atoms in total. The van der Waals surface area contributed by atoms with E-state index in [1.54, 1.807) is 12.1 Å². The van der Waals surface area contributed by atoms with E-state index in [-0.39, 0.29) is 24.7 Å². The summed E-state index contributed by atoms with van der Waals surface area (Å²) in [6.07, 6.45) is 1.99. The van der Waals surface area contributed by atoms with Gasteiger partial charge < -0.3 is 16.4 Å². The molecule has 0 unspecified atom stereocenters. The number of nitrogen functional groups attached to an aromatic ring is 1. The molecule has 0 aromatic carbocycles. The second kappa shape index (κ2) is 8.14. The lowest BCUT2D eigenvalue weighted by atomic mass is 10.2. The zero-order valence-corrected chi connectivity index (χ0v) is 12.0. The first kappa shape index (κ1) is 15.9. The Labute approximate surface area is 119 Å². The van der Waals surface area contributed by atoms with E-state index in [0.29, 0.717) is 30.4 Å². The Bertz CT molecular complexity index is 443. The Morgan fingerprint density at radius 2 is 2.00 bits per heavy atom. The average molecular weight is 278 g/mol. The number of aromatic nitrogens is 1. The van der Waals surface area contributed by atoms with Crippen molar-refractivity contribution < 1.29 is 9.59 Å². The Hall–Kier alpha value is -2.11. The van der Waals surface area contributed by atoms with Gasteiger partial charge in [0.05, 0.1) is 18.3 Å². The van der Waals surface area contributed by atoms with Crippen molar-refractivity contribution in [3.05, 3.63) is 24.0 Å². The van der Waals surface area contributed by atoms with Crippen LogP contribution in [-0.2, 0) is 16.0 Å². The van der Waals surface area contributed by atoms with Gasteiger partial charge in [0.2, 0.25) is 11.8 Å². The molecule has 4 N–H and O–H groups in total. The van der Waals surface area contributed by atoms with Gasteiger partial charge in [0.15, 0.2) is 0 Å². The van der Waals surface area contributed by atoms with Crippen LogP contribution in [0.5, 0.6) is 0 Å². The topological polar surface area (TPSA) is 97.1 Å². The number of hydrogen-bond donors (Lipinski definition) is 3. The van der Waals surface area contributed by atoms with Gasteiger partial charge in [-0.15, -0.1) is 0 Å². The SMILES string of the molecule is CC(C)CNC(=O)CCNC(=O)Cc1ccc(N)cn1. The minimum Gasteiger partial charge on any atom is -0.397 e. The molecule has 0 atom stereocenters. The maximum absolute atomic E-state index is 11.6. The highest BCUT2D eigenvalue weighted by molar-refractivity contribution is 5.80. The highest BCUT2D eigenvalue weighted by atomic mass is 16.2. The fraction of sp³-hybridized carbons (Fsp3) is 0.500. The van der Waals surface area contributed by atoms with Gasteiger partial charge in [-0.25, -0.2) is 0 Å². The number of carbonyl (C=O) groups is 2. The molecule has 0 fully saturated rings. The summed E-state index contributed by atoms with van der Waals surface area (Å²) in [4.78, 5) is 27.1. The van der Waals surface area contributed by atoms with Crippen molar-refractivity contribution in [1.82, 2.24) is 15.6 Å². The van der Waals surface area contributed by atoms with Gasteiger partial charge in [-0.1, -0.05) is 13.8 Å². The summed E-state index contributed by atoms with van der Waals surface area (Å²) >= 11 is 0. The van der Waals surface area contributed by atoms with E-state index < -0.39 is 0 Å². The highest BCUT2D eigenvalue weighted by Crippen LogP contribution is 2.01. The van der Waals surface area contributed by atoms with Gasteiger partial charge in [-0.2, -0.15) is 0 Å². The van der Waals surface area contributed by atoms with Crippen molar-refractivity contribution in [3.8, 4) is 0 Å². The van der Waals surface area contributed by atoms with Crippen molar-refractivity contribution in [2.45, 2.75) is 26.7 Å². The monoisotopic (exact) mass is 278 g/mol. The standard InChI is InChI=1S/C14H22N4O2/c1-10(2)8-18-13(19)5-6-16-14(20)7-12-4-3-11(15)9-17-12/h3-4,9-10H,5-8,15H2,1-2H3,(H,16,20)(H,18,19). The quantitative estimate of drug-likeness (QED) is 0.676. The lowest BCUT2D eigenvalue weighted by Crippen LogP contribution is -2.33. The molecule has 2 amide bonds. The average Bonchev–Trinajstić information content (AvgIpc) is 2.39. The molecule has 1 heterocycles. The van der Waals surface area contributed by atoms with Gasteiger partial charge in [0, 0.05) is 25.2 Å². The summed E-state index contributed by atoms with van der Waals surface area (Å²) in [6, 6.07) is 3.42. The molecule has 0 bridgehead atoms. The molecular weight excluding hydrogens is 256 g/mol. The molecule has 0 spiro atoms. The van der Waals surface area contributed by atoms with E-state index in [4.69, 9.17) is 5.73 Å². The van der Waals surface area contributed by atoms with Gasteiger partial charge in [-0.05, 0) is 18.1 Å². The summed E-state index contributed by atoms with van der Waals surface area (Å²) < 4.78 is 0. The van der Waals surface area contributed by atoms with E-state index in [1.165, 1.54) is 6.20 Å². The van der Waals surface area contributed by atoms with Crippen LogP contribution in [0, 0.1) is 5.92 Å². The number of carbonyl (C=O) groups excluding carboxylic acids is 2. The predicted molar refractivity (Wildman–Crippen MR) is 77.8 cm³/mol. The molecule has 1 aromatic rings. The zero-order chi connectivity index (χ0) is 15.0. The molecule has 1 rings (SSSR count). The number of pyridine rings is 1. The summed E-state index contributed by atoms with van der Waals surface area (Å²) in [5, 5.41) is 5.49. The Balaban J connectivity index is 2.20. The predicted octanol–water partition coefficient (Wildman–Crippen LogP) is 0.485. The van der Waals surface area contributed by atoms with Crippen molar-refractivity contribution >= 4 is 17.5 Å². The number of nitrogens with one attached hydrogen (secondary N) is 2. The number of rotatable bonds is 7. The smallest absolute Gasteiger partial charge is 0.226 e. The third-order valence-electron chi connectivity index (χ3n) is 2.57. The van der Waals surface area contributed by atoms with E-state index >= 15 is 0 Å². The van der Waals surface area contributed by atoms with Crippen LogP contribution in [0.3, 0.4) is 0 Å². The fourth-order valence-corrected chi connectivity index (χ4v) is 1.49. The molecule has 0 saturated heterocycles. The van der Waals surface area contributed by atoms with E-state index in [9.17, 15) is 9.59 Å². The molecule has 0 aliphatic heterocycles. The maximum atomic E-state index is 11.6. The molecule has 0 radical (unpaired) electrons. The van der Waals surface area contributed by atoms with Gasteiger partial charge in [-0.3, -0.25) is 14.6 Å². The lowest BCUT2D eigenvalue weighted by Gasteiger charge is -2.08. The van der Waals surface area contributed by atoms with Crippen LogP contribution >= 0.6 is 0 Å². The van der Waals surface area contributed by atoms with E-state index in [1.807, 2.05) is 13.8 Å². The second-order valence-corrected chi connectivity index (χ2v) is 5.06. The molecule has 20 heavy (non-hydrogen) atoms. The van der Waals surface area contributed by atoms with Crippen molar-refractivity contribution in [3.63, 3.8) is 0 Å². The van der Waals surface area contributed by atoms with Crippen LogP contribution in [0.1, 0.15) is 26.0 Å². The third kappa shape index (κ3) is 6.72. The molecular formula is C14H22N4O2. The van der Waals surface area contributed by atoms with Crippen LogP contribution < -0.4 is 16.4 Å². The van der Waals surface area contributed by atoms with Gasteiger partial charge >= 0.3 is 0 Å². The first-order chi connectivity index (χ1) is 9.47. The number of nitrogens with two attached hydrogens (primary N) is 1. The minimum atomic E-state index is -0.154. The molecule has 1 aromatic heterocycles. The Kier molecular flexibility index (Phi) is 6.49.